The Hall–Kier alpha value is -1.61. The van der Waals surface area contributed by atoms with Gasteiger partial charge in [-0.1, -0.05) is 40.5 Å². The summed E-state index contributed by atoms with van der Waals surface area (Å²) in [6, 6.07) is 11.3. The number of nitrogens with one attached hydrogen (secondary N) is 1. The van der Waals surface area contributed by atoms with Gasteiger partial charge in [0.05, 0.1) is 23.1 Å². The summed E-state index contributed by atoms with van der Waals surface area (Å²) in [4.78, 5) is 12.3. The van der Waals surface area contributed by atoms with E-state index in [2.05, 4.69) is 21.2 Å². The van der Waals surface area contributed by atoms with Gasteiger partial charge >= 0.3 is 0 Å². The van der Waals surface area contributed by atoms with Crippen LogP contribution in [0.15, 0.2) is 51.8 Å². The maximum absolute atomic E-state index is 12.9. The van der Waals surface area contributed by atoms with Gasteiger partial charge in [-0.2, -0.15) is 4.31 Å². The van der Waals surface area contributed by atoms with Crippen molar-refractivity contribution in [2.75, 3.05) is 25.0 Å². The first-order valence-corrected chi connectivity index (χ1v) is 10.9. The average molecular weight is 476 g/mol. The highest BCUT2D eigenvalue weighted by Gasteiger charge is 2.26. The third kappa shape index (κ3) is 5.68. The summed E-state index contributed by atoms with van der Waals surface area (Å²) in [5, 5.41) is 2.89. The second-order valence-electron chi connectivity index (χ2n) is 5.51. The molecule has 0 aliphatic rings. The summed E-state index contributed by atoms with van der Waals surface area (Å²) in [5.74, 6) is -0.0240. The molecular formula is C18H20BrClN2O4S. The molecule has 146 valence electrons. The number of halogens is 2. The summed E-state index contributed by atoms with van der Waals surface area (Å²) in [7, 11) is -3.88. The van der Waals surface area contributed by atoms with Crippen molar-refractivity contribution in [3.8, 4) is 5.75 Å². The fourth-order valence-electron chi connectivity index (χ4n) is 2.36. The Morgan fingerprint density at radius 1 is 1.22 bits per heavy atom. The van der Waals surface area contributed by atoms with Crippen LogP contribution < -0.4 is 10.1 Å². The first-order valence-electron chi connectivity index (χ1n) is 8.25. The number of nitrogens with zero attached hydrogens (tertiary/aromatic N) is 1. The maximum Gasteiger partial charge on any atom is 0.243 e. The Labute approximate surface area is 172 Å². The maximum atomic E-state index is 12.9. The van der Waals surface area contributed by atoms with Gasteiger partial charge < -0.3 is 10.1 Å². The van der Waals surface area contributed by atoms with Gasteiger partial charge in [-0.15, -0.1) is 0 Å². The van der Waals surface area contributed by atoms with E-state index in [9.17, 15) is 13.2 Å². The number of hydrogen-bond acceptors (Lipinski definition) is 4. The molecule has 0 aliphatic carbocycles. The summed E-state index contributed by atoms with van der Waals surface area (Å²) in [5.41, 5.74) is 0.576. The van der Waals surface area contributed by atoms with Crippen molar-refractivity contribution in [1.29, 1.82) is 0 Å². The topological polar surface area (TPSA) is 75.7 Å². The molecule has 2 aromatic rings. The van der Waals surface area contributed by atoms with Crippen LogP contribution in [0, 0.1) is 0 Å². The van der Waals surface area contributed by atoms with Gasteiger partial charge in [0, 0.05) is 16.7 Å². The minimum Gasteiger partial charge on any atom is -0.492 e. The van der Waals surface area contributed by atoms with Crippen molar-refractivity contribution in [3.05, 3.63) is 52.0 Å². The van der Waals surface area contributed by atoms with Crippen LogP contribution in [0.2, 0.25) is 5.02 Å². The molecule has 0 aliphatic heterocycles. The van der Waals surface area contributed by atoms with Gasteiger partial charge in [0.15, 0.2) is 0 Å². The number of hydrogen-bond donors (Lipinski definition) is 1. The molecule has 9 heteroatoms. The largest absolute Gasteiger partial charge is 0.492 e. The first-order chi connectivity index (χ1) is 12.8. The number of carbonyl (C=O) groups is 1. The SMILES string of the molecule is CCOc1ccc(S(=O)(=O)N(CC)CC(=O)Nc2cccc(Br)c2)cc1Cl. The van der Waals surface area contributed by atoms with Crippen LogP contribution in [-0.4, -0.2) is 38.3 Å². The molecule has 0 aromatic heterocycles. The van der Waals surface area contributed by atoms with E-state index in [1.807, 2.05) is 13.0 Å². The second kappa shape index (κ2) is 9.54. The quantitative estimate of drug-likeness (QED) is 0.622. The van der Waals surface area contributed by atoms with Crippen LogP contribution in [0.1, 0.15) is 13.8 Å². The van der Waals surface area contributed by atoms with E-state index in [0.717, 1.165) is 8.78 Å². The number of anilines is 1. The van der Waals surface area contributed by atoms with Gasteiger partial charge in [-0.3, -0.25) is 4.79 Å². The standard InChI is InChI=1S/C18H20BrClN2O4S/c1-3-22(12-18(23)21-14-7-5-6-13(19)10-14)27(24,25)15-8-9-17(26-4-2)16(20)11-15/h5-11H,3-4,12H2,1-2H3,(H,21,23). The molecule has 0 unspecified atom stereocenters. The smallest absolute Gasteiger partial charge is 0.243 e. The molecule has 2 rings (SSSR count). The molecule has 1 N–H and O–H groups in total. The van der Waals surface area contributed by atoms with Gasteiger partial charge in [0.25, 0.3) is 0 Å². The van der Waals surface area contributed by atoms with Crippen LogP contribution >= 0.6 is 27.5 Å². The van der Waals surface area contributed by atoms with Crippen molar-refractivity contribution in [2.45, 2.75) is 18.7 Å². The minimum atomic E-state index is -3.88. The Balaban J connectivity index is 2.17. The molecule has 0 spiro atoms. The Bertz CT molecular complexity index is 921. The van der Waals surface area contributed by atoms with E-state index >= 15 is 0 Å². The van der Waals surface area contributed by atoms with Crippen molar-refractivity contribution in [2.24, 2.45) is 0 Å². The fourth-order valence-corrected chi connectivity index (χ4v) is 4.49. The molecule has 0 saturated heterocycles. The molecular weight excluding hydrogens is 456 g/mol. The monoisotopic (exact) mass is 474 g/mol. The zero-order valence-corrected chi connectivity index (χ0v) is 18.1. The summed E-state index contributed by atoms with van der Waals surface area (Å²) in [6.07, 6.45) is 0. The summed E-state index contributed by atoms with van der Waals surface area (Å²) in [6.45, 7) is 3.72. The molecule has 6 nitrogen and oxygen atoms in total. The average Bonchev–Trinajstić information content (AvgIpc) is 2.61. The van der Waals surface area contributed by atoms with Gasteiger partial charge in [0.1, 0.15) is 5.75 Å². The van der Waals surface area contributed by atoms with E-state index in [4.69, 9.17) is 16.3 Å². The lowest BCUT2D eigenvalue weighted by Gasteiger charge is -2.20. The fraction of sp³-hybridized carbons (Fsp3) is 0.278. The van der Waals surface area contributed by atoms with E-state index < -0.39 is 15.9 Å². The number of amides is 1. The van der Waals surface area contributed by atoms with E-state index in [1.165, 1.54) is 18.2 Å². The van der Waals surface area contributed by atoms with Crippen molar-refractivity contribution >= 4 is 49.1 Å². The molecule has 1 amide bonds. The Morgan fingerprint density at radius 2 is 1.96 bits per heavy atom. The number of ether oxygens (including phenoxy) is 1. The molecule has 0 radical (unpaired) electrons. The third-order valence-electron chi connectivity index (χ3n) is 3.62. The van der Waals surface area contributed by atoms with Crippen molar-refractivity contribution in [1.82, 2.24) is 4.31 Å². The summed E-state index contributed by atoms with van der Waals surface area (Å²) >= 11 is 9.42. The highest BCUT2D eigenvalue weighted by atomic mass is 79.9. The number of likely N-dealkylation sites (N-methyl/N-ethyl adjacent to an activating group) is 1. The number of rotatable bonds is 8. The molecule has 0 saturated carbocycles. The molecule has 27 heavy (non-hydrogen) atoms. The predicted molar refractivity (Wildman–Crippen MR) is 110 cm³/mol. The lowest BCUT2D eigenvalue weighted by atomic mass is 10.3. The number of benzene rings is 2. The van der Waals surface area contributed by atoms with Crippen LogP contribution in [-0.2, 0) is 14.8 Å². The third-order valence-corrected chi connectivity index (χ3v) is 6.33. The van der Waals surface area contributed by atoms with E-state index in [0.29, 0.717) is 18.0 Å². The van der Waals surface area contributed by atoms with Crippen LogP contribution in [0.5, 0.6) is 5.75 Å². The van der Waals surface area contributed by atoms with Crippen LogP contribution in [0.4, 0.5) is 5.69 Å². The lowest BCUT2D eigenvalue weighted by Crippen LogP contribution is -2.37. The predicted octanol–water partition coefficient (Wildman–Crippen LogP) is 4.15. The zero-order valence-electron chi connectivity index (χ0n) is 14.9. The zero-order chi connectivity index (χ0) is 20.0. The van der Waals surface area contributed by atoms with Crippen molar-refractivity contribution < 1.29 is 17.9 Å². The van der Waals surface area contributed by atoms with Gasteiger partial charge in [0.2, 0.25) is 15.9 Å². The lowest BCUT2D eigenvalue weighted by molar-refractivity contribution is -0.116. The number of carbonyl (C=O) groups excluding carboxylic acids is 1. The molecule has 0 heterocycles. The molecule has 0 fully saturated rings. The highest BCUT2D eigenvalue weighted by Crippen LogP contribution is 2.28. The Kier molecular flexibility index (Phi) is 7.67. The normalized spacial score (nSPS) is 11.4. The van der Waals surface area contributed by atoms with E-state index in [1.54, 1.807) is 25.1 Å². The number of sulfonamides is 1. The summed E-state index contributed by atoms with van der Waals surface area (Å²) < 4.78 is 33.0. The second-order valence-corrected chi connectivity index (χ2v) is 8.78. The minimum absolute atomic E-state index is 0.00746. The van der Waals surface area contributed by atoms with Gasteiger partial charge in [-0.05, 0) is 43.3 Å². The highest BCUT2D eigenvalue weighted by molar-refractivity contribution is 9.10. The first kappa shape index (κ1) is 21.7. The molecule has 2 aromatic carbocycles. The van der Waals surface area contributed by atoms with Crippen LogP contribution in [0.3, 0.4) is 0 Å². The van der Waals surface area contributed by atoms with Crippen LogP contribution in [0.25, 0.3) is 0 Å². The van der Waals surface area contributed by atoms with Crippen molar-refractivity contribution in [3.63, 3.8) is 0 Å². The Morgan fingerprint density at radius 3 is 2.56 bits per heavy atom. The molecule has 0 atom stereocenters. The van der Waals surface area contributed by atoms with Gasteiger partial charge in [-0.25, -0.2) is 8.42 Å². The van der Waals surface area contributed by atoms with E-state index in [-0.39, 0.29) is 23.0 Å². The molecule has 0 bridgehead atoms.